The molecule has 1 saturated carbocycles. The second kappa shape index (κ2) is 5.87. The molecule has 0 unspecified atom stereocenters. The van der Waals surface area contributed by atoms with E-state index in [1.54, 1.807) is 0 Å². The Hall–Kier alpha value is -1.49. The van der Waals surface area contributed by atoms with Crippen LogP contribution in [0.1, 0.15) is 19.8 Å². The highest BCUT2D eigenvalue weighted by Gasteiger charge is 2.23. The van der Waals surface area contributed by atoms with Gasteiger partial charge in [0.2, 0.25) is 5.88 Å². The fourth-order valence-corrected chi connectivity index (χ4v) is 2.51. The Kier molecular flexibility index (Phi) is 3.96. The lowest BCUT2D eigenvalue weighted by molar-refractivity contribution is 0.269. The van der Waals surface area contributed by atoms with E-state index in [0.717, 1.165) is 45.1 Å². The Balaban J connectivity index is 1.65. The third-order valence-electron chi connectivity index (χ3n) is 4.17. The van der Waals surface area contributed by atoms with E-state index in [1.807, 2.05) is 12.1 Å². The van der Waals surface area contributed by atoms with Crippen molar-refractivity contribution < 1.29 is 4.74 Å². The average Bonchev–Trinajstić information content (AvgIpc) is 3.31. The molecule has 0 amide bonds. The van der Waals surface area contributed by atoms with Crippen LogP contribution in [0.3, 0.4) is 0 Å². The fraction of sp³-hybridized carbons (Fsp3) is 0.667. The monoisotopic (exact) mass is 276 g/mol. The predicted octanol–water partition coefficient (Wildman–Crippen LogP) is 1.59. The van der Waals surface area contributed by atoms with Crippen LogP contribution in [-0.2, 0) is 0 Å². The number of hydrogen-bond acceptors (Lipinski definition) is 5. The zero-order valence-electron chi connectivity index (χ0n) is 12.2. The maximum absolute atomic E-state index is 5.95. The number of likely N-dealkylation sites (N-methyl/N-ethyl adjacent to an activating group) is 1. The Morgan fingerprint density at radius 1 is 1.25 bits per heavy atom. The Morgan fingerprint density at radius 2 is 2.00 bits per heavy atom. The van der Waals surface area contributed by atoms with Gasteiger partial charge in [-0.25, -0.2) is 0 Å². The van der Waals surface area contributed by atoms with Gasteiger partial charge >= 0.3 is 0 Å². The summed E-state index contributed by atoms with van der Waals surface area (Å²) in [7, 11) is 0. The van der Waals surface area contributed by atoms with Crippen LogP contribution in [0.5, 0.6) is 5.88 Å². The Morgan fingerprint density at radius 3 is 2.65 bits per heavy atom. The van der Waals surface area contributed by atoms with E-state index in [-0.39, 0.29) is 0 Å². The van der Waals surface area contributed by atoms with Gasteiger partial charge in [-0.1, -0.05) is 6.92 Å². The second-order valence-corrected chi connectivity index (χ2v) is 5.74. The van der Waals surface area contributed by atoms with Gasteiger partial charge in [-0.3, -0.25) is 0 Å². The average molecular weight is 276 g/mol. The topological polar surface area (TPSA) is 54.6 Å². The quantitative estimate of drug-likeness (QED) is 0.885. The lowest BCUT2D eigenvalue weighted by atomic mass is 10.3. The molecule has 3 rings (SSSR count). The second-order valence-electron chi connectivity index (χ2n) is 5.74. The molecule has 1 saturated heterocycles. The molecular weight excluding hydrogens is 252 g/mol. The number of piperazine rings is 1. The van der Waals surface area contributed by atoms with Crippen LogP contribution < -0.4 is 15.4 Å². The molecule has 0 spiro atoms. The fourth-order valence-electron chi connectivity index (χ4n) is 2.51. The standard InChI is InChI=1S/C15H24N4O/c1-2-18-7-9-19(10-8-18)14-6-5-13(16)15(17-14)20-11-12-3-4-12/h5-6,12H,2-4,7-11,16H2,1H3. The number of rotatable bonds is 5. The molecule has 5 heteroatoms. The minimum absolute atomic E-state index is 0.604. The first kappa shape index (κ1) is 13.5. The molecule has 0 bridgehead atoms. The SMILES string of the molecule is CCN1CCN(c2ccc(N)c(OCC3CC3)n2)CC1. The minimum atomic E-state index is 0.604. The van der Waals surface area contributed by atoms with Crippen molar-refractivity contribution >= 4 is 11.5 Å². The van der Waals surface area contributed by atoms with Gasteiger partial charge in [-0.15, -0.1) is 0 Å². The summed E-state index contributed by atoms with van der Waals surface area (Å²) in [4.78, 5) is 9.38. The summed E-state index contributed by atoms with van der Waals surface area (Å²) in [6.07, 6.45) is 2.55. The summed E-state index contributed by atoms with van der Waals surface area (Å²) in [5, 5.41) is 0. The van der Waals surface area contributed by atoms with Crippen molar-refractivity contribution in [3.8, 4) is 5.88 Å². The van der Waals surface area contributed by atoms with Crippen LogP contribution in [0.25, 0.3) is 0 Å². The van der Waals surface area contributed by atoms with E-state index in [2.05, 4.69) is 21.7 Å². The van der Waals surface area contributed by atoms with Gasteiger partial charge in [-0.2, -0.15) is 4.98 Å². The van der Waals surface area contributed by atoms with Gasteiger partial charge in [0.15, 0.2) is 0 Å². The predicted molar refractivity (Wildman–Crippen MR) is 81.2 cm³/mol. The van der Waals surface area contributed by atoms with Crippen molar-refractivity contribution in [2.45, 2.75) is 19.8 Å². The number of anilines is 2. The van der Waals surface area contributed by atoms with E-state index in [1.165, 1.54) is 12.8 Å². The van der Waals surface area contributed by atoms with Crippen LogP contribution in [-0.4, -0.2) is 49.2 Å². The number of nitrogens with two attached hydrogens (primary N) is 1. The lowest BCUT2D eigenvalue weighted by Crippen LogP contribution is -2.46. The third-order valence-corrected chi connectivity index (χ3v) is 4.17. The van der Waals surface area contributed by atoms with Crippen LogP contribution >= 0.6 is 0 Å². The zero-order valence-corrected chi connectivity index (χ0v) is 12.2. The van der Waals surface area contributed by atoms with Crippen LogP contribution in [0.15, 0.2) is 12.1 Å². The summed E-state index contributed by atoms with van der Waals surface area (Å²) < 4.78 is 5.76. The van der Waals surface area contributed by atoms with Crippen LogP contribution in [0.4, 0.5) is 11.5 Å². The molecular formula is C15H24N4O. The summed E-state index contributed by atoms with van der Waals surface area (Å²) in [6, 6.07) is 3.91. The van der Waals surface area contributed by atoms with E-state index in [4.69, 9.17) is 10.5 Å². The zero-order chi connectivity index (χ0) is 13.9. The summed E-state index contributed by atoms with van der Waals surface area (Å²) in [6.45, 7) is 8.32. The van der Waals surface area contributed by atoms with Crippen molar-refractivity contribution in [3.05, 3.63) is 12.1 Å². The first-order valence-corrected chi connectivity index (χ1v) is 7.63. The third kappa shape index (κ3) is 3.15. The van der Waals surface area contributed by atoms with Crippen LogP contribution in [0.2, 0.25) is 0 Å². The van der Waals surface area contributed by atoms with Crippen molar-refractivity contribution in [1.29, 1.82) is 0 Å². The van der Waals surface area contributed by atoms with Crippen molar-refractivity contribution in [3.63, 3.8) is 0 Å². The molecule has 20 heavy (non-hydrogen) atoms. The van der Waals surface area contributed by atoms with E-state index in [9.17, 15) is 0 Å². The largest absolute Gasteiger partial charge is 0.476 e. The van der Waals surface area contributed by atoms with Gasteiger partial charge in [0.1, 0.15) is 5.82 Å². The molecule has 2 N–H and O–H groups in total. The smallest absolute Gasteiger partial charge is 0.239 e. The molecule has 110 valence electrons. The molecule has 1 aromatic heterocycles. The van der Waals surface area contributed by atoms with Gasteiger partial charge < -0.3 is 20.3 Å². The van der Waals surface area contributed by atoms with Crippen LogP contribution in [0, 0.1) is 5.92 Å². The van der Waals surface area contributed by atoms with Gasteiger partial charge in [0, 0.05) is 26.2 Å². The van der Waals surface area contributed by atoms with Crippen molar-refractivity contribution in [2.24, 2.45) is 5.92 Å². The molecule has 2 heterocycles. The Bertz CT molecular complexity index is 453. The van der Waals surface area contributed by atoms with E-state index in [0.29, 0.717) is 17.5 Å². The number of pyridine rings is 1. The minimum Gasteiger partial charge on any atom is -0.476 e. The highest BCUT2D eigenvalue weighted by Crippen LogP contribution is 2.31. The lowest BCUT2D eigenvalue weighted by Gasteiger charge is -2.34. The number of aromatic nitrogens is 1. The molecule has 0 radical (unpaired) electrons. The van der Waals surface area contributed by atoms with E-state index >= 15 is 0 Å². The summed E-state index contributed by atoms with van der Waals surface area (Å²) in [5.41, 5.74) is 6.60. The molecule has 1 aliphatic carbocycles. The number of hydrogen-bond donors (Lipinski definition) is 1. The molecule has 0 aromatic carbocycles. The first-order valence-electron chi connectivity index (χ1n) is 7.63. The maximum Gasteiger partial charge on any atom is 0.239 e. The highest BCUT2D eigenvalue weighted by molar-refractivity contribution is 5.54. The van der Waals surface area contributed by atoms with Gasteiger partial charge in [-0.05, 0) is 37.4 Å². The maximum atomic E-state index is 5.95. The normalized spacial score (nSPS) is 20.1. The Labute approximate surface area is 120 Å². The van der Waals surface area contributed by atoms with E-state index < -0.39 is 0 Å². The molecule has 2 aliphatic rings. The van der Waals surface area contributed by atoms with Crippen molar-refractivity contribution in [2.75, 3.05) is 50.0 Å². The molecule has 2 fully saturated rings. The highest BCUT2D eigenvalue weighted by atomic mass is 16.5. The number of nitrogen functional groups attached to an aromatic ring is 1. The number of ether oxygens (including phenoxy) is 1. The molecule has 1 aliphatic heterocycles. The van der Waals surface area contributed by atoms with Crippen molar-refractivity contribution in [1.82, 2.24) is 9.88 Å². The molecule has 0 atom stereocenters. The first-order chi connectivity index (χ1) is 9.76. The van der Waals surface area contributed by atoms with Gasteiger partial charge in [0.25, 0.3) is 0 Å². The molecule has 1 aromatic rings. The summed E-state index contributed by atoms with van der Waals surface area (Å²) in [5.74, 6) is 2.31. The number of nitrogens with zero attached hydrogens (tertiary/aromatic N) is 3. The van der Waals surface area contributed by atoms with Gasteiger partial charge in [0.05, 0.1) is 12.3 Å². The summed E-state index contributed by atoms with van der Waals surface area (Å²) >= 11 is 0. The molecule has 5 nitrogen and oxygen atoms in total.